The fraction of sp³-hybridized carbons (Fsp3) is 0.276. The Morgan fingerprint density at radius 3 is 2.50 bits per heavy atom. The number of aryl methyl sites for hydroxylation is 1. The second-order valence-corrected chi connectivity index (χ2v) is 8.88. The number of pyridine rings is 2. The van der Waals surface area contributed by atoms with Crippen molar-refractivity contribution in [3.63, 3.8) is 0 Å². The Labute approximate surface area is 210 Å². The molecule has 1 unspecified atom stereocenters. The Morgan fingerprint density at radius 1 is 1.03 bits per heavy atom. The lowest BCUT2D eigenvalue weighted by molar-refractivity contribution is -0.186. The Kier molecular flexibility index (Phi) is 7.61. The molecule has 2 aromatic heterocycles. The lowest BCUT2D eigenvalue weighted by Gasteiger charge is -2.22. The maximum Gasteiger partial charge on any atom is 0.275 e. The normalized spacial score (nSPS) is 15.6. The number of carbonyl (C=O) groups is 1. The van der Waals surface area contributed by atoms with Crippen molar-refractivity contribution in [2.75, 3.05) is 13.2 Å². The largest absolute Gasteiger partial charge is 0.396 e. The third-order valence-electron chi connectivity index (χ3n) is 6.34. The van der Waals surface area contributed by atoms with Crippen molar-refractivity contribution in [1.29, 1.82) is 0 Å². The summed E-state index contributed by atoms with van der Waals surface area (Å²) in [6, 6.07) is 21.9. The van der Waals surface area contributed by atoms with Gasteiger partial charge in [0.1, 0.15) is 0 Å². The van der Waals surface area contributed by atoms with Gasteiger partial charge in [-0.2, -0.15) is 0 Å². The third-order valence-corrected chi connectivity index (χ3v) is 6.34. The molecule has 1 aliphatic rings. The first-order valence-electron chi connectivity index (χ1n) is 12.4. The number of carbonyl (C=O) groups excluding carboxylic acids is 1. The summed E-state index contributed by atoms with van der Waals surface area (Å²) < 4.78 is 5.54. The zero-order valence-electron chi connectivity index (χ0n) is 20.0. The number of aromatic nitrogens is 2. The van der Waals surface area contributed by atoms with E-state index in [0.717, 1.165) is 48.8 Å². The average molecular weight is 484 g/mol. The molecule has 36 heavy (non-hydrogen) atoms. The number of aliphatic hydroxyl groups excluding tert-OH is 1. The first kappa shape index (κ1) is 24.1. The number of nitrogens with zero attached hydrogens (tertiary/aromatic N) is 2. The van der Waals surface area contributed by atoms with Crippen LogP contribution >= 0.6 is 0 Å². The van der Waals surface area contributed by atoms with Crippen molar-refractivity contribution in [1.82, 2.24) is 15.4 Å². The molecule has 7 nitrogen and oxygen atoms in total. The van der Waals surface area contributed by atoms with Crippen LogP contribution in [-0.4, -0.2) is 40.5 Å². The van der Waals surface area contributed by atoms with E-state index in [0.29, 0.717) is 28.9 Å². The number of hydrogen-bond donors (Lipinski definition) is 2. The number of hydrogen-bond acceptors (Lipinski definition) is 6. The Morgan fingerprint density at radius 2 is 1.78 bits per heavy atom. The van der Waals surface area contributed by atoms with Crippen molar-refractivity contribution in [3.8, 4) is 22.4 Å². The highest BCUT2D eigenvalue weighted by Gasteiger charge is 2.19. The molecule has 0 aliphatic carbocycles. The zero-order valence-corrected chi connectivity index (χ0v) is 20.0. The van der Waals surface area contributed by atoms with Crippen LogP contribution in [0.2, 0.25) is 0 Å². The molecule has 7 heteroatoms. The summed E-state index contributed by atoms with van der Waals surface area (Å²) in [6.45, 7) is 0.837. The molecule has 0 radical (unpaired) electrons. The average Bonchev–Trinajstić information content (AvgIpc) is 2.95. The van der Waals surface area contributed by atoms with E-state index in [1.807, 2.05) is 30.3 Å². The lowest BCUT2D eigenvalue weighted by atomic mass is 9.99. The van der Waals surface area contributed by atoms with Gasteiger partial charge in [0.25, 0.3) is 5.91 Å². The van der Waals surface area contributed by atoms with Crippen LogP contribution in [0.3, 0.4) is 0 Å². The summed E-state index contributed by atoms with van der Waals surface area (Å²) in [4.78, 5) is 27.7. The van der Waals surface area contributed by atoms with Crippen LogP contribution < -0.4 is 5.48 Å². The van der Waals surface area contributed by atoms with E-state index >= 15 is 0 Å². The standard InChI is InChI=1S/C29H29N3O4/c33-17-4-5-20-8-10-21(11-9-20)22-12-14-23(15-13-22)26-19-25(24-6-3-16-30-28(24)31-26)29(34)32-36-27-7-1-2-18-35-27/h3,6,8-16,19,27,33H,1-2,4-5,7,17-18H2,(H,32,34). The van der Waals surface area contributed by atoms with E-state index in [2.05, 4.69) is 34.7 Å². The fourth-order valence-electron chi connectivity index (χ4n) is 4.35. The SMILES string of the molecule is O=C(NOC1CCCCO1)c1cc(-c2ccc(-c3ccc(CCCO)cc3)cc2)nc2ncccc12. The van der Waals surface area contributed by atoms with Gasteiger partial charge in [-0.3, -0.25) is 4.79 Å². The van der Waals surface area contributed by atoms with Gasteiger partial charge in [-0.1, -0.05) is 48.5 Å². The quantitative estimate of drug-likeness (QED) is 0.340. The minimum Gasteiger partial charge on any atom is -0.396 e. The van der Waals surface area contributed by atoms with Gasteiger partial charge in [-0.05, 0) is 60.6 Å². The van der Waals surface area contributed by atoms with E-state index in [-0.39, 0.29) is 12.5 Å². The molecule has 5 rings (SSSR count). The summed E-state index contributed by atoms with van der Waals surface area (Å²) in [5.74, 6) is -0.358. The number of amides is 1. The molecule has 2 N–H and O–H groups in total. The minimum atomic E-state index is -0.426. The number of ether oxygens (including phenoxy) is 1. The van der Waals surface area contributed by atoms with Crippen LogP contribution in [0.5, 0.6) is 0 Å². The number of hydroxylamine groups is 1. The highest BCUT2D eigenvalue weighted by atomic mass is 16.8. The maximum absolute atomic E-state index is 13.1. The molecule has 1 amide bonds. The first-order valence-corrected chi connectivity index (χ1v) is 12.4. The van der Waals surface area contributed by atoms with Gasteiger partial charge < -0.3 is 9.84 Å². The van der Waals surface area contributed by atoms with Crippen molar-refractivity contribution >= 4 is 16.9 Å². The number of rotatable bonds is 8. The molecular formula is C29H29N3O4. The topological polar surface area (TPSA) is 93.6 Å². The van der Waals surface area contributed by atoms with Crippen LogP contribution in [-0.2, 0) is 16.0 Å². The van der Waals surface area contributed by atoms with Gasteiger partial charge in [-0.15, -0.1) is 0 Å². The van der Waals surface area contributed by atoms with Gasteiger partial charge in [0.05, 0.1) is 11.3 Å². The van der Waals surface area contributed by atoms with Crippen LogP contribution in [0.4, 0.5) is 0 Å². The molecule has 1 atom stereocenters. The highest BCUT2D eigenvalue weighted by Crippen LogP contribution is 2.27. The number of nitrogens with one attached hydrogen (secondary N) is 1. The van der Waals surface area contributed by atoms with Crippen LogP contribution in [0.15, 0.2) is 72.9 Å². The van der Waals surface area contributed by atoms with Crippen molar-refractivity contribution < 1.29 is 19.5 Å². The molecule has 1 saturated heterocycles. The highest BCUT2D eigenvalue weighted by molar-refractivity contribution is 6.06. The van der Waals surface area contributed by atoms with Crippen molar-refractivity contribution in [2.45, 2.75) is 38.4 Å². The Bertz CT molecular complexity index is 1320. The van der Waals surface area contributed by atoms with Crippen LogP contribution in [0.25, 0.3) is 33.4 Å². The van der Waals surface area contributed by atoms with E-state index in [9.17, 15) is 4.79 Å². The molecule has 1 aliphatic heterocycles. The van der Waals surface area contributed by atoms with Crippen molar-refractivity contribution in [2.24, 2.45) is 0 Å². The molecule has 4 aromatic rings. The monoisotopic (exact) mass is 483 g/mol. The molecule has 2 aromatic carbocycles. The van der Waals surface area contributed by atoms with Crippen LogP contribution in [0, 0.1) is 0 Å². The van der Waals surface area contributed by atoms with Crippen LogP contribution in [0.1, 0.15) is 41.6 Å². The fourth-order valence-corrected chi connectivity index (χ4v) is 4.35. The molecular weight excluding hydrogens is 454 g/mol. The van der Waals surface area contributed by atoms with Gasteiger partial charge >= 0.3 is 0 Å². The lowest BCUT2D eigenvalue weighted by Crippen LogP contribution is -2.33. The maximum atomic E-state index is 13.1. The van der Waals surface area contributed by atoms with E-state index in [1.54, 1.807) is 18.3 Å². The van der Waals surface area contributed by atoms with Gasteiger partial charge in [0.2, 0.25) is 0 Å². The molecule has 0 saturated carbocycles. The summed E-state index contributed by atoms with van der Waals surface area (Å²) in [7, 11) is 0. The minimum absolute atomic E-state index is 0.201. The zero-order chi connectivity index (χ0) is 24.7. The van der Waals surface area contributed by atoms with Gasteiger partial charge in [0.15, 0.2) is 11.9 Å². The Hall–Kier alpha value is -3.65. The first-order chi connectivity index (χ1) is 17.7. The number of fused-ring (bicyclic) bond motifs is 1. The predicted molar refractivity (Wildman–Crippen MR) is 138 cm³/mol. The van der Waals surface area contributed by atoms with E-state index < -0.39 is 6.29 Å². The molecule has 0 spiro atoms. The number of aliphatic hydroxyl groups is 1. The smallest absolute Gasteiger partial charge is 0.275 e. The Balaban J connectivity index is 1.38. The van der Waals surface area contributed by atoms with E-state index in [1.165, 1.54) is 5.56 Å². The molecule has 1 fully saturated rings. The summed E-state index contributed by atoms with van der Waals surface area (Å²) in [5, 5.41) is 9.68. The molecule has 184 valence electrons. The third kappa shape index (κ3) is 5.60. The predicted octanol–water partition coefficient (Wildman–Crippen LogP) is 5.08. The summed E-state index contributed by atoms with van der Waals surface area (Å²) >= 11 is 0. The van der Waals surface area contributed by atoms with Gasteiger partial charge in [0, 0.05) is 36.8 Å². The second kappa shape index (κ2) is 11.4. The van der Waals surface area contributed by atoms with E-state index in [4.69, 9.17) is 19.7 Å². The molecule has 3 heterocycles. The van der Waals surface area contributed by atoms with Gasteiger partial charge in [-0.25, -0.2) is 20.3 Å². The van der Waals surface area contributed by atoms with Crippen molar-refractivity contribution in [3.05, 3.63) is 84.1 Å². The number of benzene rings is 2. The molecule has 0 bridgehead atoms. The summed E-state index contributed by atoms with van der Waals surface area (Å²) in [6.07, 6.45) is 5.64. The summed E-state index contributed by atoms with van der Waals surface area (Å²) in [5.41, 5.74) is 8.45. The second-order valence-electron chi connectivity index (χ2n) is 8.88.